The predicted octanol–water partition coefficient (Wildman–Crippen LogP) is 1.43. The van der Waals surface area contributed by atoms with Crippen molar-refractivity contribution in [2.75, 3.05) is 13.1 Å². The summed E-state index contributed by atoms with van der Waals surface area (Å²) < 4.78 is 0. The number of hydroxylamine groups is 2. The van der Waals surface area contributed by atoms with E-state index in [9.17, 15) is 4.79 Å². The Kier molecular flexibility index (Phi) is 4.87. The maximum atomic E-state index is 11.9. The fourth-order valence-electron chi connectivity index (χ4n) is 2.49. The molecule has 0 saturated carbocycles. The lowest BCUT2D eigenvalue weighted by Crippen LogP contribution is -2.33. The van der Waals surface area contributed by atoms with E-state index in [1.54, 1.807) is 5.06 Å². The van der Waals surface area contributed by atoms with Gasteiger partial charge in [-0.1, -0.05) is 30.3 Å². The molecule has 1 aromatic carbocycles. The third-order valence-corrected chi connectivity index (χ3v) is 3.40. The number of urea groups is 1. The highest BCUT2D eigenvalue weighted by molar-refractivity contribution is 5.76. The summed E-state index contributed by atoms with van der Waals surface area (Å²) in [5, 5.41) is 1.57. The van der Waals surface area contributed by atoms with E-state index >= 15 is 0 Å². The van der Waals surface area contributed by atoms with E-state index in [0.717, 1.165) is 31.5 Å². The van der Waals surface area contributed by atoms with Crippen LogP contribution in [-0.2, 0) is 21.0 Å². The summed E-state index contributed by atoms with van der Waals surface area (Å²) in [4.78, 5) is 35.7. The number of carbonyl (C=O) groups excluding carboxylic acids is 3. The molecule has 3 rings (SSSR count). The van der Waals surface area contributed by atoms with Gasteiger partial charge in [-0.15, -0.1) is 0 Å². The molecular weight excluding hydrogens is 260 g/mol. The first-order chi connectivity index (χ1) is 9.76. The summed E-state index contributed by atoms with van der Waals surface area (Å²) >= 11 is 0. The number of piperidine rings is 1. The van der Waals surface area contributed by atoms with Crippen molar-refractivity contribution >= 4 is 12.2 Å². The average Bonchev–Trinajstić information content (AvgIpc) is 2.69. The highest BCUT2D eigenvalue weighted by Gasteiger charge is 2.40. The second-order valence-electron chi connectivity index (χ2n) is 4.69. The van der Waals surface area contributed by atoms with E-state index in [1.807, 2.05) is 35.2 Å². The van der Waals surface area contributed by atoms with Crippen molar-refractivity contribution in [2.45, 2.75) is 25.5 Å². The molecular formula is C14H16N2O4. The summed E-state index contributed by atoms with van der Waals surface area (Å²) in [6, 6.07) is 10.2. The van der Waals surface area contributed by atoms with Crippen molar-refractivity contribution in [2.24, 2.45) is 0 Å². The third-order valence-electron chi connectivity index (χ3n) is 3.40. The number of fused-ring (bicyclic) bond motifs is 2. The molecule has 2 bridgehead atoms. The molecule has 106 valence electrons. The second-order valence-corrected chi connectivity index (χ2v) is 4.69. The van der Waals surface area contributed by atoms with Gasteiger partial charge < -0.3 is 4.90 Å². The quantitative estimate of drug-likeness (QED) is 0.837. The van der Waals surface area contributed by atoms with Gasteiger partial charge >= 0.3 is 12.2 Å². The highest BCUT2D eigenvalue weighted by atomic mass is 16.7. The predicted molar refractivity (Wildman–Crippen MR) is 68.1 cm³/mol. The number of hydrogen-bond acceptors (Lipinski definition) is 4. The van der Waals surface area contributed by atoms with Gasteiger partial charge in [0.1, 0.15) is 6.61 Å². The molecule has 2 aliphatic rings. The van der Waals surface area contributed by atoms with E-state index in [1.165, 1.54) is 0 Å². The Hall–Kier alpha value is -2.17. The number of amides is 2. The molecule has 2 aliphatic heterocycles. The fraction of sp³-hybridized carbons (Fsp3) is 0.429. The minimum atomic E-state index is 0.0310. The van der Waals surface area contributed by atoms with Gasteiger partial charge in [0.15, 0.2) is 0 Å². The third kappa shape index (κ3) is 3.23. The van der Waals surface area contributed by atoms with E-state index in [-0.39, 0.29) is 18.2 Å². The summed E-state index contributed by atoms with van der Waals surface area (Å²) in [6.45, 7) is 2.17. The first-order valence-corrected chi connectivity index (χ1v) is 6.50. The van der Waals surface area contributed by atoms with Crippen molar-refractivity contribution in [1.82, 2.24) is 9.96 Å². The molecule has 2 saturated heterocycles. The van der Waals surface area contributed by atoms with Crippen LogP contribution in [0, 0.1) is 0 Å². The summed E-state index contributed by atoms with van der Waals surface area (Å²) in [5.41, 5.74) is 1.09. The topological polar surface area (TPSA) is 66.9 Å². The molecule has 2 amide bonds. The molecule has 2 heterocycles. The minimum Gasteiger partial charge on any atom is -0.321 e. The molecule has 0 N–H and O–H groups in total. The summed E-state index contributed by atoms with van der Waals surface area (Å²) in [7, 11) is 0. The minimum absolute atomic E-state index is 0.0310. The zero-order valence-corrected chi connectivity index (χ0v) is 11.0. The number of nitrogens with zero attached hydrogens (tertiary/aromatic N) is 2. The largest absolute Gasteiger partial charge is 0.373 e. The number of rotatable bonds is 3. The van der Waals surface area contributed by atoms with Crippen LogP contribution in [0.5, 0.6) is 0 Å². The number of carbonyl (C=O) groups is 1. The van der Waals surface area contributed by atoms with Gasteiger partial charge in [-0.25, -0.2) is 4.79 Å². The lowest BCUT2D eigenvalue weighted by atomic mass is 10.1. The Morgan fingerprint density at radius 3 is 2.60 bits per heavy atom. The van der Waals surface area contributed by atoms with Gasteiger partial charge in [-0.05, 0) is 18.4 Å². The zero-order valence-electron chi connectivity index (χ0n) is 11.0. The van der Waals surface area contributed by atoms with Gasteiger partial charge in [0.05, 0.1) is 6.04 Å². The van der Waals surface area contributed by atoms with Crippen LogP contribution in [0.1, 0.15) is 18.4 Å². The average molecular weight is 276 g/mol. The van der Waals surface area contributed by atoms with Crippen molar-refractivity contribution in [3.8, 4) is 0 Å². The van der Waals surface area contributed by atoms with Crippen molar-refractivity contribution < 1.29 is 19.2 Å². The van der Waals surface area contributed by atoms with Crippen molar-refractivity contribution in [3.63, 3.8) is 0 Å². The SMILES string of the molecule is O=C1N2CCC[C@@H](C2)N1OCc1ccccc1.O=C=O. The normalized spacial score (nSPS) is 20.2. The fourth-order valence-corrected chi connectivity index (χ4v) is 2.49. The van der Waals surface area contributed by atoms with E-state index in [2.05, 4.69) is 0 Å². The van der Waals surface area contributed by atoms with Crippen LogP contribution in [0.2, 0.25) is 0 Å². The van der Waals surface area contributed by atoms with Gasteiger partial charge in [-0.2, -0.15) is 14.7 Å². The molecule has 6 heteroatoms. The van der Waals surface area contributed by atoms with E-state index in [0.29, 0.717) is 6.61 Å². The zero-order chi connectivity index (χ0) is 14.4. The molecule has 6 nitrogen and oxygen atoms in total. The molecule has 0 unspecified atom stereocenters. The smallest absolute Gasteiger partial charge is 0.321 e. The van der Waals surface area contributed by atoms with Crippen LogP contribution in [-0.4, -0.2) is 41.3 Å². The summed E-state index contributed by atoms with van der Waals surface area (Å²) in [5.74, 6) is 0. The molecule has 0 spiro atoms. The van der Waals surface area contributed by atoms with Gasteiger partial charge in [0.2, 0.25) is 0 Å². The molecule has 1 atom stereocenters. The van der Waals surface area contributed by atoms with Gasteiger partial charge in [-0.3, -0.25) is 4.84 Å². The Morgan fingerprint density at radius 2 is 1.95 bits per heavy atom. The van der Waals surface area contributed by atoms with Crippen LogP contribution in [0.25, 0.3) is 0 Å². The van der Waals surface area contributed by atoms with E-state index in [4.69, 9.17) is 14.4 Å². The molecule has 0 aliphatic carbocycles. The van der Waals surface area contributed by atoms with Crippen LogP contribution in [0.3, 0.4) is 0 Å². The maximum absolute atomic E-state index is 11.9. The molecule has 0 radical (unpaired) electrons. The van der Waals surface area contributed by atoms with Gasteiger partial charge in [0.25, 0.3) is 0 Å². The Bertz CT molecular complexity index is 485. The first kappa shape index (κ1) is 14.2. The standard InChI is InChI=1S/C13H16N2O2.CO2/c16-13-14-8-4-7-12(9-14)15(13)17-10-11-5-2-1-3-6-11;2-1-3/h1-3,5-6,12H,4,7-10H2;/t12-;/m0./s1. The molecule has 1 aromatic rings. The highest BCUT2D eigenvalue weighted by Crippen LogP contribution is 2.25. The van der Waals surface area contributed by atoms with Crippen LogP contribution in [0.4, 0.5) is 4.79 Å². The van der Waals surface area contributed by atoms with Crippen molar-refractivity contribution in [3.05, 3.63) is 35.9 Å². The molecule has 2 fully saturated rings. The van der Waals surface area contributed by atoms with Crippen LogP contribution in [0.15, 0.2) is 30.3 Å². The second kappa shape index (κ2) is 6.84. The molecule has 20 heavy (non-hydrogen) atoms. The number of benzene rings is 1. The van der Waals surface area contributed by atoms with Crippen LogP contribution < -0.4 is 0 Å². The summed E-state index contributed by atoms with van der Waals surface area (Å²) in [6.07, 6.45) is 2.39. The first-order valence-electron chi connectivity index (χ1n) is 6.50. The van der Waals surface area contributed by atoms with Crippen LogP contribution >= 0.6 is 0 Å². The number of hydrogen-bond donors (Lipinski definition) is 0. The lowest BCUT2D eigenvalue weighted by molar-refractivity contribution is -0.191. The van der Waals surface area contributed by atoms with Gasteiger partial charge in [0, 0.05) is 13.1 Å². The Labute approximate surface area is 116 Å². The Morgan fingerprint density at radius 1 is 1.25 bits per heavy atom. The lowest BCUT2D eigenvalue weighted by Gasteiger charge is -2.22. The monoisotopic (exact) mass is 276 g/mol. The van der Waals surface area contributed by atoms with Crippen molar-refractivity contribution in [1.29, 1.82) is 0 Å². The Balaban J connectivity index is 0.000000452. The maximum Gasteiger partial charge on any atom is 0.373 e. The molecule has 0 aromatic heterocycles. The van der Waals surface area contributed by atoms with E-state index < -0.39 is 0 Å².